The van der Waals surface area contributed by atoms with E-state index in [-0.39, 0.29) is 30.6 Å². The molecule has 1 aliphatic heterocycles. The van der Waals surface area contributed by atoms with Crippen LogP contribution in [0.15, 0.2) is 42.5 Å². The summed E-state index contributed by atoms with van der Waals surface area (Å²) in [5.41, 5.74) is 3.33. The monoisotopic (exact) mass is 381 g/mol. The standard InChI is InChI=1S/C23H27NO4/c1-16-8-9-17(2)21(13-16)22(25)10-11-23(26)24-18-5-3-6-19(14-18)28-15-20-7-4-12-27-20/h3,5-6,8-9,13-14,20H,4,7,10-12,15H2,1-2H3,(H,24,26)/t20-/m0/s1. The molecular weight excluding hydrogens is 354 g/mol. The highest BCUT2D eigenvalue weighted by atomic mass is 16.5. The molecule has 148 valence electrons. The molecule has 0 saturated carbocycles. The average molecular weight is 381 g/mol. The number of anilines is 1. The minimum absolute atomic E-state index is 0.00926. The zero-order valence-electron chi connectivity index (χ0n) is 16.5. The molecule has 1 amide bonds. The van der Waals surface area contributed by atoms with E-state index in [9.17, 15) is 9.59 Å². The van der Waals surface area contributed by atoms with Crippen LogP contribution in [-0.4, -0.2) is 31.0 Å². The van der Waals surface area contributed by atoms with Gasteiger partial charge in [0, 0.05) is 36.8 Å². The summed E-state index contributed by atoms with van der Waals surface area (Å²) in [7, 11) is 0. The smallest absolute Gasteiger partial charge is 0.224 e. The van der Waals surface area contributed by atoms with Gasteiger partial charge in [0.25, 0.3) is 0 Å². The fourth-order valence-electron chi connectivity index (χ4n) is 3.25. The first kappa shape index (κ1) is 20.1. The number of Topliss-reactive ketones (excluding diaryl/α,β-unsaturated/α-hetero) is 1. The molecule has 1 N–H and O–H groups in total. The Hall–Kier alpha value is -2.66. The summed E-state index contributed by atoms with van der Waals surface area (Å²) in [4.78, 5) is 24.7. The van der Waals surface area contributed by atoms with Crippen molar-refractivity contribution in [1.29, 1.82) is 0 Å². The number of hydrogen-bond donors (Lipinski definition) is 1. The predicted octanol–water partition coefficient (Wildman–Crippen LogP) is 4.46. The van der Waals surface area contributed by atoms with Crippen LogP contribution in [0, 0.1) is 13.8 Å². The van der Waals surface area contributed by atoms with Gasteiger partial charge in [0.05, 0.1) is 6.10 Å². The summed E-state index contributed by atoms with van der Waals surface area (Å²) >= 11 is 0. The number of ether oxygens (including phenoxy) is 2. The summed E-state index contributed by atoms with van der Waals surface area (Å²) in [5, 5.41) is 2.84. The van der Waals surface area contributed by atoms with Gasteiger partial charge in [-0.2, -0.15) is 0 Å². The van der Waals surface area contributed by atoms with E-state index in [4.69, 9.17) is 9.47 Å². The Labute approximate surface area is 166 Å². The maximum atomic E-state index is 12.4. The third-order valence-corrected chi connectivity index (χ3v) is 4.85. The molecule has 0 radical (unpaired) electrons. The largest absolute Gasteiger partial charge is 0.491 e. The zero-order valence-corrected chi connectivity index (χ0v) is 16.5. The lowest BCUT2D eigenvalue weighted by Crippen LogP contribution is -2.16. The number of carbonyl (C=O) groups excluding carboxylic acids is 2. The normalized spacial score (nSPS) is 16.0. The second-order valence-corrected chi connectivity index (χ2v) is 7.26. The van der Waals surface area contributed by atoms with E-state index in [2.05, 4.69) is 5.32 Å². The minimum Gasteiger partial charge on any atom is -0.491 e. The molecule has 28 heavy (non-hydrogen) atoms. The second kappa shape index (κ2) is 9.51. The lowest BCUT2D eigenvalue weighted by Gasteiger charge is -2.12. The predicted molar refractivity (Wildman–Crippen MR) is 109 cm³/mol. The van der Waals surface area contributed by atoms with E-state index in [1.54, 1.807) is 6.07 Å². The highest BCUT2D eigenvalue weighted by Gasteiger charge is 2.16. The maximum Gasteiger partial charge on any atom is 0.224 e. The molecule has 1 aliphatic rings. The van der Waals surface area contributed by atoms with Crippen LogP contribution in [-0.2, 0) is 9.53 Å². The minimum atomic E-state index is -0.185. The third-order valence-electron chi connectivity index (χ3n) is 4.85. The third kappa shape index (κ3) is 5.67. The molecule has 5 nitrogen and oxygen atoms in total. The van der Waals surface area contributed by atoms with Crippen LogP contribution < -0.4 is 10.1 Å². The number of amides is 1. The fourth-order valence-corrected chi connectivity index (χ4v) is 3.25. The van der Waals surface area contributed by atoms with Gasteiger partial charge in [-0.05, 0) is 50.5 Å². The van der Waals surface area contributed by atoms with Crippen LogP contribution >= 0.6 is 0 Å². The van der Waals surface area contributed by atoms with Crippen molar-refractivity contribution in [2.75, 3.05) is 18.5 Å². The van der Waals surface area contributed by atoms with Crippen molar-refractivity contribution in [1.82, 2.24) is 0 Å². The van der Waals surface area contributed by atoms with E-state index in [0.29, 0.717) is 23.6 Å². The van der Waals surface area contributed by atoms with E-state index < -0.39 is 0 Å². The highest BCUT2D eigenvalue weighted by Crippen LogP contribution is 2.20. The van der Waals surface area contributed by atoms with Crippen LogP contribution in [0.25, 0.3) is 0 Å². The van der Waals surface area contributed by atoms with E-state index in [0.717, 1.165) is 30.6 Å². The molecule has 5 heteroatoms. The molecular formula is C23H27NO4. The molecule has 2 aromatic rings. The van der Waals surface area contributed by atoms with Crippen molar-refractivity contribution >= 4 is 17.4 Å². The first-order valence-corrected chi connectivity index (χ1v) is 9.76. The molecule has 3 rings (SSSR count). The van der Waals surface area contributed by atoms with Gasteiger partial charge in [-0.25, -0.2) is 0 Å². The first-order valence-electron chi connectivity index (χ1n) is 9.76. The molecule has 1 fully saturated rings. The van der Waals surface area contributed by atoms with Gasteiger partial charge in [-0.3, -0.25) is 9.59 Å². The van der Waals surface area contributed by atoms with Crippen LogP contribution in [0.5, 0.6) is 5.75 Å². The number of aryl methyl sites for hydroxylation is 2. The van der Waals surface area contributed by atoms with Gasteiger partial charge in [0.15, 0.2) is 5.78 Å². The number of carbonyl (C=O) groups is 2. The fraction of sp³-hybridized carbons (Fsp3) is 0.391. The van der Waals surface area contributed by atoms with Crippen LogP contribution in [0.1, 0.15) is 47.2 Å². The Balaban J connectivity index is 1.49. The van der Waals surface area contributed by atoms with Crippen LogP contribution in [0.3, 0.4) is 0 Å². The number of benzene rings is 2. The van der Waals surface area contributed by atoms with Crippen molar-refractivity contribution in [3.8, 4) is 5.75 Å². The molecule has 0 aromatic heterocycles. The van der Waals surface area contributed by atoms with Crippen molar-refractivity contribution in [2.24, 2.45) is 0 Å². The Morgan fingerprint density at radius 2 is 2.00 bits per heavy atom. The van der Waals surface area contributed by atoms with Crippen LogP contribution in [0.4, 0.5) is 5.69 Å². The highest BCUT2D eigenvalue weighted by molar-refractivity contribution is 6.01. The van der Waals surface area contributed by atoms with Gasteiger partial charge in [-0.1, -0.05) is 23.8 Å². The Morgan fingerprint density at radius 3 is 2.79 bits per heavy atom. The Morgan fingerprint density at radius 1 is 1.14 bits per heavy atom. The van der Waals surface area contributed by atoms with Gasteiger partial charge < -0.3 is 14.8 Å². The number of ketones is 1. The summed E-state index contributed by atoms with van der Waals surface area (Å²) < 4.78 is 11.3. The lowest BCUT2D eigenvalue weighted by atomic mass is 9.99. The molecule has 1 saturated heterocycles. The average Bonchev–Trinajstić information content (AvgIpc) is 3.20. The molecule has 1 heterocycles. The number of hydrogen-bond acceptors (Lipinski definition) is 4. The zero-order chi connectivity index (χ0) is 19.9. The van der Waals surface area contributed by atoms with Crippen molar-refractivity contribution in [2.45, 2.75) is 45.6 Å². The number of nitrogens with one attached hydrogen (secondary N) is 1. The van der Waals surface area contributed by atoms with Gasteiger partial charge in [0.2, 0.25) is 5.91 Å². The Kier molecular flexibility index (Phi) is 6.82. The molecule has 2 aromatic carbocycles. The number of rotatable bonds is 8. The maximum absolute atomic E-state index is 12.4. The van der Waals surface area contributed by atoms with Crippen molar-refractivity contribution in [3.05, 3.63) is 59.2 Å². The molecule has 0 aliphatic carbocycles. The van der Waals surface area contributed by atoms with Gasteiger partial charge in [0.1, 0.15) is 12.4 Å². The SMILES string of the molecule is Cc1ccc(C)c(C(=O)CCC(=O)Nc2cccc(OC[C@@H]3CCCO3)c2)c1. The van der Waals surface area contributed by atoms with Gasteiger partial charge >= 0.3 is 0 Å². The van der Waals surface area contributed by atoms with Crippen molar-refractivity contribution < 1.29 is 19.1 Å². The van der Waals surface area contributed by atoms with Gasteiger partial charge in [-0.15, -0.1) is 0 Å². The van der Waals surface area contributed by atoms with E-state index >= 15 is 0 Å². The first-order chi connectivity index (χ1) is 13.5. The molecule has 0 unspecified atom stereocenters. The molecule has 1 atom stereocenters. The molecule has 0 bridgehead atoms. The van der Waals surface area contributed by atoms with E-state index in [1.807, 2.05) is 50.2 Å². The summed E-state index contributed by atoms with van der Waals surface area (Å²) in [6.07, 6.45) is 2.57. The summed E-state index contributed by atoms with van der Waals surface area (Å²) in [6.45, 7) is 5.18. The lowest BCUT2D eigenvalue weighted by molar-refractivity contribution is -0.116. The van der Waals surface area contributed by atoms with Crippen LogP contribution in [0.2, 0.25) is 0 Å². The quantitative estimate of drug-likeness (QED) is 0.686. The Bertz CT molecular complexity index is 840. The molecule has 0 spiro atoms. The summed E-state index contributed by atoms with van der Waals surface area (Å²) in [6, 6.07) is 13.1. The van der Waals surface area contributed by atoms with E-state index in [1.165, 1.54) is 0 Å². The second-order valence-electron chi connectivity index (χ2n) is 7.26. The summed E-state index contributed by atoms with van der Waals surface area (Å²) in [5.74, 6) is 0.500. The van der Waals surface area contributed by atoms with Crippen molar-refractivity contribution in [3.63, 3.8) is 0 Å². The topological polar surface area (TPSA) is 64.6 Å².